The number of hydrogen-bond donors (Lipinski definition) is 0. The molecule has 0 radical (unpaired) electrons. The molecule has 1 aromatic carbocycles. The van der Waals surface area contributed by atoms with Gasteiger partial charge in [0.15, 0.2) is 0 Å². The van der Waals surface area contributed by atoms with Gasteiger partial charge in [-0.3, -0.25) is 19.6 Å². The Morgan fingerprint density at radius 1 is 1.45 bits per heavy atom. The maximum absolute atomic E-state index is 11.9. The number of nitro benzene ring substituents is 1. The van der Waals surface area contributed by atoms with Crippen LogP contribution in [0.15, 0.2) is 36.5 Å². The van der Waals surface area contributed by atoms with Crippen LogP contribution in [-0.2, 0) is 7.05 Å². The van der Waals surface area contributed by atoms with Crippen molar-refractivity contribution in [2.45, 2.75) is 0 Å². The summed E-state index contributed by atoms with van der Waals surface area (Å²) in [6.07, 6.45) is 4.27. The highest BCUT2D eigenvalue weighted by molar-refractivity contribution is 6.32. The van der Waals surface area contributed by atoms with E-state index in [-0.39, 0.29) is 11.5 Å². The van der Waals surface area contributed by atoms with Crippen LogP contribution in [0.2, 0.25) is 5.02 Å². The Bertz CT molecular complexity index is 707. The lowest BCUT2D eigenvalue weighted by atomic mass is 10.1. The average molecular weight is 292 g/mol. The third kappa shape index (κ3) is 2.92. The number of nitrogens with zero attached hydrogens (tertiary/aromatic N) is 3. The van der Waals surface area contributed by atoms with Crippen LogP contribution in [0.3, 0.4) is 0 Å². The molecule has 102 valence electrons. The van der Waals surface area contributed by atoms with Crippen LogP contribution < -0.4 is 0 Å². The molecule has 0 fully saturated rings. The van der Waals surface area contributed by atoms with E-state index in [9.17, 15) is 14.9 Å². The second kappa shape index (κ2) is 5.66. The van der Waals surface area contributed by atoms with Crippen molar-refractivity contribution in [3.8, 4) is 0 Å². The second-order valence-corrected chi connectivity index (χ2v) is 4.41. The first-order valence-electron chi connectivity index (χ1n) is 5.63. The van der Waals surface area contributed by atoms with Gasteiger partial charge in [-0.15, -0.1) is 0 Å². The number of carbonyl (C=O) groups excluding carboxylic acids is 1. The largest absolute Gasteiger partial charge is 0.288 e. The van der Waals surface area contributed by atoms with Crippen LogP contribution in [0.4, 0.5) is 5.69 Å². The molecule has 0 saturated heterocycles. The van der Waals surface area contributed by atoms with E-state index < -0.39 is 4.92 Å². The highest BCUT2D eigenvalue weighted by atomic mass is 35.5. The van der Waals surface area contributed by atoms with Crippen molar-refractivity contribution in [2.24, 2.45) is 7.05 Å². The lowest BCUT2D eigenvalue weighted by Gasteiger charge is -1.99. The summed E-state index contributed by atoms with van der Waals surface area (Å²) in [5.74, 6) is -0.257. The molecule has 0 spiro atoms. The van der Waals surface area contributed by atoms with Crippen molar-refractivity contribution < 1.29 is 9.72 Å². The predicted octanol–water partition coefficient (Wildman–Crippen LogP) is 2.88. The first-order valence-corrected chi connectivity index (χ1v) is 6.01. The van der Waals surface area contributed by atoms with Crippen LogP contribution in [0.25, 0.3) is 6.08 Å². The molecule has 0 bridgehead atoms. The number of aromatic nitrogens is 2. The minimum Gasteiger partial charge on any atom is -0.288 e. The number of aryl methyl sites for hydroxylation is 1. The van der Waals surface area contributed by atoms with Crippen molar-refractivity contribution in [1.82, 2.24) is 9.78 Å². The highest BCUT2D eigenvalue weighted by Gasteiger charge is 2.09. The summed E-state index contributed by atoms with van der Waals surface area (Å²) in [5.41, 5.74) is 0.751. The van der Waals surface area contributed by atoms with E-state index in [2.05, 4.69) is 5.10 Å². The SMILES string of the molecule is Cn1nccc1C(=O)/C=C/c1cc([N+](=O)[O-])ccc1Cl. The fraction of sp³-hybridized carbons (Fsp3) is 0.0769. The Kier molecular flexibility index (Phi) is 3.95. The van der Waals surface area contributed by atoms with E-state index in [0.717, 1.165) is 0 Å². The van der Waals surface area contributed by atoms with Gasteiger partial charge >= 0.3 is 0 Å². The highest BCUT2D eigenvalue weighted by Crippen LogP contribution is 2.23. The van der Waals surface area contributed by atoms with Gasteiger partial charge in [0.05, 0.1) is 4.92 Å². The summed E-state index contributed by atoms with van der Waals surface area (Å²) < 4.78 is 1.45. The molecular weight excluding hydrogens is 282 g/mol. The molecule has 0 aliphatic rings. The summed E-state index contributed by atoms with van der Waals surface area (Å²) in [6, 6.07) is 5.63. The first-order chi connectivity index (χ1) is 9.49. The van der Waals surface area contributed by atoms with Gasteiger partial charge in [-0.2, -0.15) is 5.10 Å². The van der Waals surface area contributed by atoms with E-state index in [4.69, 9.17) is 11.6 Å². The van der Waals surface area contributed by atoms with Gasteiger partial charge < -0.3 is 0 Å². The van der Waals surface area contributed by atoms with Gasteiger partial charge in [0.25, 0.3) is 5.69 Å². The fourth-order valence-electron chi connectivity index (χ4n) is 1.64. The summed E-state index contributed by atoms with van der Waals surface area (Å²) in [5, 5.41) is 14.9. The predicted molar refractivity (Wildman–Crippen MR) is 74.7 cm³/mol. The quantitative estimate of drug-likeness (QED) is 0.375. The Morgan fingerprint density at radius 3 is 2.80 bits per heavy atom. The standard InChI is InChI=1S/C13H10ClN3O3/c1-16-12(6-7-15-16)13(18)5-2-9-8-10(17(19)20)3-4-11(9)14/h2-8H,1H3/b5-2+. The number of allylic oxidation sites excluding steroid dienone is 1. The molecule has 0 unspecified atom stereocenters. The Balaban J connectivity index is 2.28. The molecular formula is C13H10ClN3O3. The minimum atomic E-state index is -0.517. The lowest BCUT2D eigenvalue weighted by Crippen LogP contribution is -2.03. The summed E-state index contributed by atoms with van der Waals surface area (Å²) in [6.45, 7) is 0. The normalized spacial score (nSPS) is 10.9. The van der Waals surface area contributed by atoms with Crippen LogP contribution >= 0.6 is 11.6 Å². The average Bonchev–Trinajstić information content (AvgIpc) is 2.83. The lowest BCUT2D eigenvalue weighted by molar-refractivity contribution is -0.384. The summed E-state index contributed by atoms with van der Waals surface area (Å²) in [4.78, 5) is 22.1. The number of non-ortho nitro benzene ring substituents is 1. The van der Waals surface area contributed by atoms with E-state index in [1.54, 1.807) is 13.1 Å². The zero-order valence-electron chi connectivity index (χ0n) is 10.5. The van der Waals surface area contributed by atoms with E-state index >= 15 is 0 Å². The van der Waals surface area contributed by atoms with Gasteiger partial charge in [0, 0.05) is 30.4 Å². The van der Waals surface area contributed by atoms with Crippen LogP contribution in [0.1, 0.15) is 16.1 Å². The number of nitro groups is 1. The van der Waals surface area contributed by atoms with Crippen molar-refractivity contribution in [1.29, 1.82) is 0 Å². The topological polar surface area (TPSA) is 78.0 Å². The van der Waals surface area contributed by atoms with Gasteiger partial charge in [-0.25, -0.2) is 0 Å². The number of ketones is 1. The molecule has 7 heteroatoms. The van der Waals surface area contributed by atoms with E-state index in [1.165, 1.54) is 41.2 Å². The number of rotatable bonds is 4. The second-order valence-electron chi connectivity index (χ2n) is 4.00. The Hall–Kier alpha value is -2.47. The number of carbonyl (C=O) groups is 1. The Labute approximate surface area is 119 Å². The summed E-state index contributed by atoms with van der Waals surface area (Å²) >= 11 is 5.94. The van der Waals surface area contributed by atoms with Gasteiger partial charge in [-0.1, -0.05) is 11.6 Å². The van der Waals surface area contributed by atoms with E-state index in [1.807, 2.05) is 0 Å². The van der Waals surface area contributed by atoms with Gasteiger partial charge in [0.2, 0.25) is 5.78 Å². The van der Waals surface area contributed by atoms with Crippen LogP contribution in [0.5, 0.6) is 0 Å². The molecule has 0 aliphatic carbocycles. The van der Waals surface area contributed by atoms with Crippen LogP contribution in [-0.4, -0.2) is 20.5 Å². The molecule has 1 aromatic heterocycles. The molecule has 20 heavy (non-hydrogen) atoms. The molecule has 0 N–H and O–H groups in total. The number of benzene rings is 1. The van der Waals surface area contributed by atoms with Crippen molar-refractivity contribution in [3.05, 3.63) is 62.9 Å². The molecule has 6 nitrogen and oxygen atoms in total. The number of halogens is 1. The van der Waals surface area contributed by atoms with Crippen molar-refractivity contribution in [2.75, 3.05) is 0 Å². The maximum atomic E-state index is 11.9. The van der Waals surface area contributed by atoms with Gasteiger partial charge in [0.1, 0.15) is 5.69 Å². The first kappa shape index (κ1) is 14.0. The third-order valence-electron chi connectivity index (χ3n) is 2.68. The van der Waals surface area contributed by atoms with E-state index in [0.29, 0.717) is 16.3 Å². The molecule has 0 atom stereocenters. The minimum absolute atomic E-state index is 0.0815. The molecule has 1 heterocycles. The monoisotopic (exact) mass is 291 g/mol. The van der Waals surface area contributed by atoms with Crippen molar-refractivity contribution in [3.63, 3.8) is 0 Å². The molecule has 2 rings (SSSR count). The zero-order valence-corrected chi connectivity index (χ0v) is 11.2. The molecule has 0 amide bonds. The number of hydrogen-bond acceptors (Lipinski definition) is 4. The maximum Gasteiger partial charge on any atom is 0.270 e. The molecule has 0 saturated carbocycles. The fourth-order valence-corrected chi connectivity index (χ4v) is 1.82. The molecule has 2 aromatic rings. The molecule has 0 aliphatic heterocycles. The zero-order chi connectivity index (χ0) is 14.7. The van der Waals surface area contributed by atoms with Crippen molar-refractivity contribution >= 4 is 29.1 Å². The summed E-state index contributed by atoms with van der Waals surface area (Å²) in [7, 11) is 1.65. The smallest absolute Gasteiger partial charge is 0.270 e. The van der Waals surface area contributed by atoms with Gasteiger partial charge in [-0.05, 0) is 29.8 Å². The van der Waals surface area contributed by atoms with Crippen LogP contribution in [0, 0.1) is 10.1 Å². The third-order valence-corrected chi connectivity index (χ3v) is 3.02. The Morgan fingerprint density at radius 2 is 2.20 bits per heavy atom.